The summed E-state index contributed by atoms with van der Waals surface area (Å²) in [4.78, 5) is 23.7. The van der Waals surface area contributed by atoms with Gasteiger partial charge in [-0.3, -0.25) is 0 Å². The van der Waals surface area contributed by atoms with E-state index in [4.69, 9.17) is 14.2 Å². The third-order valence-electron chi connectivity index (χ3n) is 6.31. The minimum atomic E-state index is -0.422. The molecule has 0 aliphatic rings. The van der Waals surface area contributed by atoms with Gasteiger partial charge in [0.05, 0.1) is 18.8 Å². The smallest absolute Gasteiger partial charge is 0.343 e. The normalized spacial score (nSPS) is 10.2. The summed E-state index contributed by atoms with van der Waals surface area (Å²) in [6, 6.07) is 20.9. The Bertz CT molecular complexity index is 1310. The van der Waals surface area contributed by atoms with Crippen LogP contribution in [-0.4, -0.2) is 25.2 Å². The molecule has 3 aromatic rings. The SMILES string of the molecule is C=CC(=O)OCCCCCCOc1ccc(C(=O)Oc2ccc(C#Cc3ccc(CCCC)cc3)cc2C)cc1. The summed E-state index contributed by atoms with van der Waals surface area (Å²) in [6.45, 7) is 8.46. The summed E-state index contributed by atoms with van der Waals surface area (Å²) in [5.74, 6) is 6.81. The zero-order chi connectivity index (χ0) is 28.6. The van der Waals surface area contributed by atoms with E-state index < -0.39 is 5.97 Å². The molecular formula is C35H38O5. The van der Waals surface area contributed by atoms with Crippen molar-refractivity contribution in [2.24, 2.45) is 0 Å². The second-order valence-corrected chi connectivity index (χ2v) is 9.58. The minimum absolute atomic E-state index is 0.385. The molecule has 0 saturated carbocycles. The van der Waals surface area contributed by atoms with Crippen molar-refractivity contribution in [3.63, 3.8) is 0 Å². The Hall–Kier alpha value is -4.30. The summed E-state index contributed by atoms with van der Waals surface area (Å²) in [7, 11) is 0. The fraction of sp³-hybridized carbons (Fsp3) is 0.314. The summed E-state index contributed by atoms with van der Waals surface area (Å²) in [5.41, 5.74) is 4.47. The lowest BCUT2D eigenvalue weighted by Crippen LogP contribution is -2.09. The molecule has 3 aromatic carbocycles. The van der Waals surface area contributed by atoms with Gasteiger partial charge in [-0.05, 0) is 111 Å². The van der Waals surface area contributed by atoms with E-state index in [2.05, 4.69) is 49.6 Å². The quantitative estimate of drug-likeness (QED) is 0.0694. The Morgan fingerprint density at radius 3 is 2.17 bits per heavy atom. The molecule has 0 aromatic heterocycles. The summed E-state index contributed by atoms with van der Waals surface area (Å²) >= 11 is 0. The second kappa shape index (κ2) is 16.6. The number of ether oxygens (including phenoxy) is 3. The van der Waals surface area contributed by atoms with Crippen molar-refractivity contribution in [3.05, 3.63) is 107 Å². The fourth-order valence-corrected chi connectivity index (χ4v) is 3.95. The monoisotopic (exact) mass is 538 g/mol. The number of benzene rings is 3. The number of esters is 2. The number of aryl methyl sites for hydroxylation is 2. The van der Waals surface area contributed by atoms with Gasteiger partial charge in [-0.1, -0.05) is 43.9 Å². The first kappa shape index (κ1) is 30.2. The molecule has 5 heteroatoms. The van der Waals surface area contributed by atoms with Crippen LogP contribution in [0.4, 0.5) is 0 Å². The Morgan fingerprint density at radius 2 is 1.50 bits per heavy atom. The van der Waals surface area contributed by atoms with Crippen LogP contribution in [-0.2, 0) is 16.0 Å². The number of carbonyl (C=O) groups excluding carboxylic acids is 2. The molecule has 208 valence electrons. The van der Waals surface area contributed by atoms with E-state index in [-0.39, 0.29) is 5.97 Å². The van der Waals surface area contributed by atoms with Crippen LogP contribution in [0.1, 0.15) is 78.1 Å². The molecule has 0 spiro atoms. The number of hydrogen-bond donors (Lipinski definition) is 0. The maximum atomic E-state index is 12.7. The summed E-state index contributed by atoms with van der Waals surface area (Å²) in [6.07, 6.45) is 8.30. The Morgan fingerprint density at radius 1 is 0.825 bits per heavy atom. The van der Waals surface area contributed by atoms with Gasteiger partial charge >= 0.3 is 11.9 Å². The van der Waals surface area contributed by atoms with Gasteiger partial charge in [0, 0.05) is 17.2 Å². The summed E-state index contributed by atoms with van der Waals surface area (Å²) < 4.78 is 16.4. The van der Waals surface area contributed by atoms with Crippen LogP contribution in [0.3, 0.4) is 0 Å². The molecule has 3 rings (SSSR count). The Balaban J connectivity index is 1.43. The maximum absolute atomic E-state index is 12.7. The fourth-order valence-electron chi connectivity index (χ4n) is 3.95. The van der Waals surface area contributed by atoms with E-state index >= 15 is 0 Å². The highest BCUT2D eigenvalue weighted by atomic mass is 16.5. The topological polar surface area (TPSA) is 61.8 Å². The molecule has 0 atom stereocenters. The van der Waals surface area contributed by atoms with Crippen LogP contribution in [0.25, 0.3) is 0 Å². The Kier molecular flexibility index (Phi) is 12.6. The first-order valence-corrected chi connectivity index (χ1v) is 13.9. The molecule has 0 bridgehead atoms. The van der Waals surface area contributed by atoms with Crippen molar-refractivity contribution in [1.82, 2.24) is 0 Å². The molecule has 0 N–H and O–H groups in total. The van der Waals surface area contributed by atoms with E-state index in [0.29, 0.717) is 30.3 Å². The lowest BCUT2D eigenvalue weighted by molar-refractivity contribution is -0.137. The Labute approximate surface area is 238 Å². The van der Waals surface area contributed by atoms with E-state index in [0.717, 1.165) is 48.8 Å². The molecule has 0 fully saturated rings. The van der Waals surface area contributed by atoms with Gasteiger partial charge in [-0.15, -0.1) is 0 Å². The van der Waals surface area contributed by atoms with Crippen molar-refractivity contribution in [3.8, 4) is 23.3 Å². The second-order valence-electron chi connectivity index (χ2n) is 9.58. The van der Waals surface area contributed by atoms with E-state index in [9.17, 15) is 9.59 Å². The number of hydrogen-bond acceptors (Lipinski definition) is 5. The van der Waals surface area contributed by atoms with Gasteiger partial charge < -0.3 is 14.2 Å². The van der Waals surface area contributed by atoms with Crippen LogP contribution in [0, 0.1) is 18.8 Å². The molecule has 0 aliphatic carbocycles. The van der Waals surface area contributed by atoms with Crippen LogP contribution >= 0.6 is 0 Å². The molecule has 0 radical (unpaired) electrons. The van der Waals surface area contributed by atoms with Gasteiger partial charge in [-0.2, -0.15) is 0 Å². The van der Waals surface area contributed by atoms with Gasteiger partial charge in [0.15, 0.2) is 0 Å². The van der Waals surface area contributed by atoms with Crippen LogP contribution in [0.15, 0.2) is 79.4 Å². The molecule has 0 saturated heterocycles. The van der Waals surface area contributed by atoms with Crippen LogP contribution in [0.2, 0.25) is 0 Å². The van der Waals surface area contributed by atoms with Crippen molar-refractivity contribution in [2.45, 2.75) is 58.8 Å². The van der Waals surface area contributed by atoms with Gasteiger partial charge in [0.25, 0.3) is 0 Å². The minimum Gasteiger partial charge on any atom is -0.494 e. The average molecular weight is 539 g/mol. The third-order valence-corrected chi connectivity index (χ3v) is 6.31. The predicted molar refractivity (Wildman–Crippen MR) is 159 cm³/mol. The van der Waals surface area contributed by atoms with E-state index in [1.165, 1.54) is 24.5 Å². The van der Waals surface area contributed by atoms with Gasteiger partial charge in [0.1, 0.15) is 11.5 Å². The van der Waals surface area contributed by atoms with Crippen molar-refractivity contribution < 1.29 is 23.8 Å². The highest BCUT2D eigenvalue weighted by Crippen LogP contribution is 2.21. The number of unbranched alkanes of at least 4 members (excludes halogenated alkanes) is 4. The van der Waals surface area contributed by atoms with Crippen molar-refractivity contribution in [1.29, 1.82) is 0 Å². The lowest BCUT2D eigenvalue weighted by Gasteiger charge is -2.09. The standard InChI is InChI=1S/C35H38O5/c1-4-6-11-28-12-14-29(15-13-28)16-17-30-18-23-33(27(3)26-30)40-35(37)31-19-21-32(22-20-31)38-24-9-7-8-10-25-39-34(36)5-2/h5,12-15,18-23,26H,2,4,6-11,24-25H2,1,3H3. The van der Waals surface area contributed by atoms with Crippen LogP contribution in [0.5, 0.6) is 11.5 Å². The zero-order valence-corrected chi connectivity index (χ0v) is 23.5. The molecule has 0 unspecified atom stereocenters. The highest BCUT2D eigenvalue weighted by molar-refractivity contribution is 5.91. The lowest BCUT2D eigenvalue weighted by atomic mass is 10.1. The molecule has 0 heterocycles. The summed E-state index contributed by atoms with van der Waals surface area (Å²) in [5, 5.41) is 0. The van der Waals surface area contributed by atoms with Crippen molar-refractivity contribution in [2.75, 3.05) is 13.2 Å². The van der Waals surface area contributed by atoms with Crippen molar-refractivity contribution >= 4 is 11.9 Å². The number of carbonyl (C=O) groups is 2. The van der Waals surface area contributed by atoms with Gasteiger partial charge in [-0.25, -0.2) is 9.59 Å². The molecular weight excluding hydrogens is 500 g/mol. The van der Waals surface area contributed by atoms with Crippen LogP contribution < -0.4 is 9.47 Å². The number of rotatable bonds is 14. The first-order chi connectivity index (χ1) is 19.5. The first-order valence-electron chi connectivity index (χ1n) is 13.9. The molecule has 40 heavy (non-hydrogen) atoms. The molecule has 5 nitrogen and oxygen atoms in total. The molecule has 0 amide bonds. The highest BCUT2D eigenvalue weighted by Gasteiger charge is 2.11. The van der Waals surface area contributed by atoms with Gasteiger partial charge in [0.2, 0.25) is 0 Å². The molecule has 0 aliphatic heterocycles. The maximum Gasteiger partial charge on any atom is 0.343 e. The zero-order valence-electron chi connectivity index (χ0n) is 23.5. The predicted octanol–water partition coefficient (Wildman–Crippen LogP) is 7.63. The van der Waals surface area contributed by atoms with E-state index in [1.54, 1.807) is 30.3 Å². The van der Waals surface area contributed by atoms with E-state index in [1.807, 2.05) is 19.1 Å². The average Bonchev–Trinajstić information content (AvgIpc) is 2.98. The largest absolute Gasteiger partial charge is 0.494 e. The third kappa shape index (κ3) is 10.5.